The van der Waals surface area contributed by atoms with Crippen molar-refractivity contribution in [2.45, 2.75) is 26.8 Å². The maximum absolute atomic E-state index is 11.1. The third-order valence-electron chi connectivity index (χ3n) is 2.14. The smallest absolute Gasteiger partial charge is 0.321 e. The van der Waals surface area contributed by atoms with Crippen molar-refractivity contribution >= 4 is 5.97 Å². The van der Waals surface area contributed by atoms with Crippen molar-refractivity contribution in [3.8, 4) is 0 Å². The quantitative estimate of drug-likeness (QED) is 0.726. The van der Waals surface area contributed by atoms with E-state index in [-0.39, 0.29) is 5.41 Å². The number of methoxy groups -OCH3 is 1. The highest BCUT2D eigenvalue weighted by Crippen LogP contribution is 2.23. The first-order valence-corrected chi connectivity index (χ1v) is 4.72. The minimum absolute atomic E-state index is 0.270. The average molecular weight is 203 g/mol. The van der Waals surface area contributed by atoms with E-state index in [0.29, 0.717) is 13.2 Å². The Morgan fingerprint density at radius 3 is 2.29 bits per heavy atom. The van der Waals surface area contributed by atoms with Crippen LogP contribution in [0.5, 0.6) is 0 Å². The largest absolute Gasteiger partial charge is 0.480 e. The van der Waals surface area contributed by atoms with Gasteiger partial charge >= 0.3 is 5.97 Å². The van der Waals surface area contributed by atoms with Gasteiger partial charge in [0.05, 0.1) is 6.61 Å². The summed E-state index contributed by atoms with van der Waals surface area (Å²) in [7, 11) is 3.42. The molecule has 0 aliphatic heterocycles. The Labute approximate surface area is 85.9 Å². The molecule has 0 saturated carbocycles. The van der Waals surface area contributed by atoms with Crippen molar-refractivity contribution in [3.63, 3.8) is 0 Å². The predicted octanol–water partition coefficient (Wildman–Crippen LogP) is 1.06. The summed E-state index contributed by atoms with van der Waals surface area (Å²) < 4.78 is 4.92. The molecule has 1 N–H and O–H groups in total. The normalized spacial score (nSPS) is 14.4. The first-order valence-electron chi connectivity index (χ1n) is 4.72. The van der Waals surface area contributed by atoms with Gasteiger partial charge in [-0.2, -0.15) is 0 Å². The molecule has 0 rings (SSSR count). The second kappa shape index (κ2) is 5.32. The monoisotopic (exact) mass is 203 g/mol. The van der Waals surface area contributed by atoms with Gasteiger partial charge in [0.25, 0.3) is 0 Å². The van der Waals surface area contributed by atoms with E-state index in [1.165, 1.54) is 0 Å². The Bertz CT molecular complexity index is 186. The Morgan fingerprint density at radius 2 is 2.00 bits per heavy atom. The van der Waals surface area contributed by atoms with Gasteiger partial charge in [-0.15, -0.1) is 0 Å². The number of hydrogen-bond acceptors (Lipinski definition) is 3. The van der Waals surface area contributed by atoms with E-state index in [9.17, 15) is 4.79 Å². The fourth-order valence-electron chi connectivity index (χ4n) is 1.58. The molecule has 84 valence electrons. The van der Waals surface area contributed by atoms with Crippen LogP contribution >= 0.6 is 0 Å². The highest BCUT2D eigenvalue weighted by atomic mass is 16.5. The summed E-state index contributed by atoms with van der Waals surface area (Å²) in [6, 6.07) is -0.474. The van der Waals surface area contributed by atoms with E-state index in [4.69, 9.17) is 9.84 Å². The molecule has 0 aromatic heterocycles. The average Bonchev–Trinajstić information content (AvgIpc) is 1.97. The lowest BCUT2D eigenvalue weighted by molar-refractivity contribution is -0.147. The lowest BCUT2D eigenvalue weighted by Gasteiger charge is -2.34. The molecule has 0 heterocycles. The highest BCUT2D eigenvalue weighted by molar-refractivity contribution is 5.74. The number of rotatable bonds is 5. The zero-order chi connectivity index (χ0) is 11.4. The van der Waals surface area contributed by atoms with Gasteiger partial charge in [-0.05, 0) is 12.5 Å². The van der Waals surface area contributed by atoms with Gasteiger partial charge < -0.3 is 9.84 Å². The molecule has 0 radical (unpaired) electrons. The summed E-state index contributed by atoms with van der Waals surface area (Å²) in [4.78, 5) is 12.9. The standard InChI is InChI=1S/C10H21NO3/c1-10(2,3)8(9(12)13)11(4)6-7-14-5/h8H,6-7H2,1-5H3,(H,12,13). The molecule has 14 heavy (non-hydrogen) atoms. The third-order valence-corrected chi connectivity index (χ3v) is 2.14. The molecule has 0 spiro atoms. The van der Waals surface area contributed by atoms with Gasteiger partial charge in [0.15, 0.2) is 0 Å². The minimum atomic E-state index is -0.781. The number of carbonyl (C=O) groups is 1. The van der Waals surface area contributed by atoms with E-state index in [0.717, 1.165) is 0 Å². The zero-order valence-electron chi connectivity index (χ0n) is 9.70. The molecule has 0 amide bonds. The summed E-state index contributed by atoms with van der Waals surface area (Å²) in [5, 5.41) is 9.10. The molecule has 4 nitrogen and oxygen atoms in total. The van der Waals surface area contributed by atoms with Crippen molar-refractivity contribution in [3.05, 3.63) is 0 Å². The number of nitrogens with zero attached hydrogens (tertiary/aromatic N) is 1. The van der Waals surface area contributed by atoms with Crippen LogP contribution in [0, 0.1) is 5.41 Å². The Kier molecular flexibility index (Phi) is 5.08. The van der Waals surface area contributed by atoms with Crippen molar-refractivity contribution < 1.29 is 14.6 Å². The molecular weight excluding hydrogens is 182 g/mol. The zero-order valence-corrected chi connectivity index (χ0v) is 9.70. The summed E-state index contributed by atoms with van der Waals surface area (Å²) in [5.41, 5.74) is -0.270. The van der Waals surface area contributed by atoms with Crippen molar-refractivity contribution in [2.24, 2.45) is 5.41 Å². The van der Waals surface area contributed by atoms with Crippen LogP contribution in [0.1, 0.15) is 20.8 Å². The highest BCUT2D eigenvalue weighted by Gasteiger charge is 2.34. The molecule has 0 aliphatic carbocycles. The summed E-state index contributed by atoms with van der Waals surface area (Å²) in [6.07, 6.45) is 0. The summed E-state index contributed by atoms with van der Waals surface area (Å²) >= 11 is 0. The van der Waals surface area contributed by atoms with Gasteiger partial charge in [0, 0.05) is 13.7 Å². The van der Waals surface area contributed by atoms with Crippen LogP contribution in [0.4, 0.5) is 0 Å². The number of hydrogen-bond donors (Lipinski definition) is 1. The number of likely N-dealkylation sites (N-methyl/N-ethyl adjacent to an activating group) is 1. The Hall–Kier alpha value is -0.610. The van der Waals surface area contributed by atoms with Crippen LogP contribution in [0.2, 0.25) is 0 Å². The molecule has 1 atom stereocenters. The second-order valence-electron chi connectivity index (χ2n) is 4.58. The van der Waals surface area contributed by atoms with Crippen molar-refractivity contribution in [1.29, 1.82) is 0 Å². The first-order chi connectivity index (χ1) is 6.30. The van der Waals surface area contributed by atoms with Crippen LogP contribution in [0.25, 0.3) is 0 Å². The van der Waals surface area contributed by atoms with E-state index in [1.54, 1.807) is 7.11 Å². The topological polar surface area (TPSA) is 49.8 Å². The van der Waals surface area contributed by atoms with Crippen LogP contribution in [0.15, 0.2) is 0 Å². The van der Waals surface area contributed by atoms with E-state index in [1.807, 2.05) is 32.7 Å². The van der Waals surface area contributed by atoms with Gasteiger partial charge in [-0.1, -0.05) is 20.8 Å². The van der Waals surface area contributed by atoms with Gasteiger partial charge in [0.2, 0.25) is 0 Å². The first kappa shape index (κ1) is 13.4. The molecule has 0 fully saturated rings. The number of carboxylic acid groups (broad SMARTS) is 1. The fraction of sp³-hybridized carbons (Fsp3) is 0.900. The van der Waals surface area contributed by atoms with Gasteiger partial charge in [-0.25, -0.2) is 0 Å². The summed E-state index contributed by atoms with van der Waals surface area (Å²) in [6.45, 7) is 6.96. The van der Waals surface area contributed by atoms with Gasteiger partial charge in [0.1, 0.15) is 6.04 Å². The van der Waals surface area contributed by atoms with E-state index >= 15 is 0 Å². The van der Waals surface area contributed by atoms with Crippen LogP contribution in [-0.4, -0.2) is 49.3 Å². The number of ether oxygens (including phenoxy) is 1. The molecule has 0 aromatic carbocycles. The molecule has 0 aromatic rings. The lowest BCUT2D eigenvalue weighted by atomic mass is 9.86. The Morgan fingerprint density at radius 1 is 1.50 bits per heavy atom. The maximum Gasteiger partial charge on any atom is 0.321 e. The molecular formula is C10H21NO3. The van der Waals surface area contributed by atoms with Crippen LogP contribution in [-0.2, 0) is 9.53 Å². The van der Waals surface area contributed by atoms with Crippen LogP contribution in [0.3, 0.4) is 0 Å². The number of aliphatic carboxylic acids is 1. The minimum Gasteiger partial charge on any atom is -0.480 e. The van der Waals surface area contributed by atoms with Crippen LogP contribution < -0.4 is 0 Å². The molecule has 0 saturated heterocycles. The SMILES string of the molecule is COCCN(C)C(C(=O)O)C(C)(C)C. The summed E-state index contributed by atoms with van der Waals surface area (Å²) in [5.74, 6) is -0.781. The second-order valence-corrected chi connectivity index (χ2v) is 4.58. The molecule has 4 heteroatoms. The predicted molar refractivity (Wildman–Crippen MR) is 55.4 cm³/mol. The van der Waals surface area contributed by atoms with E-state index < -0.39 is 12.0 Å². The fourth-order valence-corrected chi connectivity index (χ4v) is 1.58. The third kappa shape index (κ3) is 4.07. The molecule has 0 aliphatic rings. The Balaban J connectivity index is 4.42. The van der Waals surface area contributed by atoms with Crippen molar-refractivity contribution in [2.75, 3.05) is 27.3 Å². The van der Waals surface area contributed by atoms with Crippen molar-refractivity contribution in [1.82, 2.24) is 4.90 Å². The van der Waals surface area contributed by atoms with Gasteiger partial charge in [-0.3, -0.25) is 9.69 Å². The maximum atomic E-state index is 11.1. The van der Waals surface area contributed by atoms with E-state index in [2.05, 4.69) is 0 Å². The molecule has 1 unspecified atom stereocenters. The lowest BCUT2D eigenvalue weighted by Crippen LogP contribution is -2.48. The number of carboxylic acids is 1. The molecule has 0 bridgehead atoms.